The maximum absolute atomic E-state index is 12.9. The molecule has 1 unspecified atom stereocenters. The van der Waals surface area contributed by atoms with Crippen LogP contribution in [0.15, 0.2) is 22.7 Å². The molecule has 0 heterocycles. The van der Waals surface area contributed by atoms with Crippen molar-refractivity contribution in [2.45, 2.75) is 6.18 Å². The van der Waals surface area contributed by atoms with Crippen LogP contribution in [0.1, 0.15) is 0 Å². The average Bonchev–Trinajstić information content (AvgIpc) is 2.20. The zero-order chi connectivity index (χ0) is 13.9. The number of aliphatic carboxylic acids is 1. The normalized spacial score (nSPS) is 13.2. The molecule has 2 N–H and O–H groups in total. The first-order chi connectivity index (χ1) is 8.21. The van der Waals surface area contributed by atoms with Crippen LogP contribution in [-0.4, -0.2) is 23.8 Å². The molecular formula is C10H8BrF4NO2. The van der Waals surface area contributed by atoms with Crippen LogP contribution in [-0.2, 0) is 4.79 Å². The highest BCUT2D eigenvalue weighted by Gasteiger charge is 2.44. The molecule has 0 radical (unpaired) electrons. The minimum atomic E-state index is -4.86. The molecule has 100 valence electrons. The van der Waals surface area contributed by atoms with E-state index < -0.39 is 30.4 Å². The summed E-state index contributed by atoms with van der Waals surface area (Å²) >= 11 is 3.01. The summed E-state index contributed by atoms with van der Waals surface area (Å²) in [5.41, 5.74) is 0.0606. The Hall–Kier alpha value is -1.31. The van der Waals surface area contributed by atoms with E-state index in [9.17, 15) is 22.4 Å². The number of hydrogen-bond donors (Lipinski definition) is 2. The number of anilines is 1. The number of hydrogen-bond acceptors (Lipinski definition) is 2. The first-order valence-electron chi connectivity index (χ1n) is 4.70. The standard InChI is InChI=1S/C10H8BrF4NO2/c11-7-2-1-5(12)3-8(7)16-4-6(9(17)18)10(13,14)15/h1-3,6,16H,4H2,(H,17,18). The Morgan fingerprint density at radius 1 is 1.44 bits per heavy atom. The second-order valence-corrected chi connectivity index (χ2v) is 4.29. The van der Waals surface area contributed by atoms with Crippen molar-refractivity contribution in [2.75, 3.05) is 11.9 Å². The first-order valence-corrected chi connectivity index (χ1v) is 5.49. The van der Waals surface area contributed by atoms with E-state index in [1.165, 1.54) is 6.07 Å². The molecule has 0 aliphatic carbocycles. The maximum Gasteiger partial charge on any atom is 0.403 e. The summed E-state index contributed by atoms with van der Waals surface area (Å²) < 4.78 is 50.2. The summed E-state index contributed by atoms with van der Waals surface area (Å²) in [7, 11) is 0. The molecule has 0 spiro atoms. The van der Waals surface area contributed by atoms with Crippen molar-refractivity contribution in [3.05, 3.63) is 28.5 Å². The third-order valence-electron chi connectivity index (χ3n) is 2.12. The van der Waals surface area contributed by atoms with E-state index in [0.29, 0.717) is 4.47 Å². The molecule has 1 aromatic carbocycles. The third-order valence-corrected chi connectivity index (χ3v) is 2.81. The van der Waals surface area contributed by atoms with Gasteiger partial charge in [0.2, 0.25) is 0 Å². The minimum absolute atomic E-state index is 0.0606. The van der Waals surface area contributed by atoms with Gasteiger partial charge in [0.15, 0.2) is 5.92 Å². The topological polar surface area (TPSA) is 49.3 Å². The van der Waals surface area contributed by atoms with Gasteiger partial charge < -0.3 is 10.4 Å². The molecule has 0 aliphatic rings. The number of rotatable bonds is 4. The van der Waals surface area contributed by atoms with Crippen LogP contribution >= 0.6 is 15.9 Å². The molecule has 1 atom stereocenters. The highest BCUT2D eigenvalue weighted by Crippen LogP contribution is 2.28. The first kappa shape index (κ1) is 14.7. The molecular weight excluding hydrogens is 322 g/mol. The van der Waals surface area contributed by atoms with Crippen LogP contribution < -0.4 is 5.32 Å². The SMILES string of the molecule is O=C(O)C(CNc1cc(F)ccc1Br)C(F)(F)F. The summed E-state index contributed by atoms with van der Waals surface area (Å²) in [6.45, 7) is -0.874. The fourth-order valence-corrected chi connectivity index (χ4v) is 1.57. The highest BCUT2D eigenvalue weighted by atomic mass is 79.9. The fourth-order valence-electron chi connectivity index (χ4n) is 1.19. The number of alkyl halides is 3. The van der Waals surface area contributed by atoms with Gasteiger partial charge in [0.25, 0.3) is 0 Å². The number of nitrogens with one attached hydrogen (secondary N) is 1. The van der Waals surface area contributed by atoms with Crippen molar-refractivity contribution >= 4 is 27.6 Å². The lowest BCUT2D eigenvalue weighted by molar-refractivity contribution is -0.190. The van der Waals surface area contributed by atoms with Crippen LogP contribution in [0.5, 0.6) is 0 Å². The van der Waals surface area contributed by atoms with Crippen LogP contribution in [0.3, 0.4) is 0 Å². The van der Waals surface area contributed by atoms with Gasteiger partial charge in [-0.1, -0.05) is 0 Å². The lowest BCUT2D eigenvalue weighted by Gasteiger charge is -2.17. The average molecular weight is 330 g/mol. The molecule has 0 aromatic heterocycles. The summed E-state index contributed by atoms with van der Waals surface area (Å²) in [5, 5.41) is 10.7. The molecule has 1 aromatic rings. The minimum Gasteiger partial charge on any atom is -0.481 e. The lowest BCUT2D eigenvalue weighted by Crippen LogP contribution is -2.36. The van der Waals surface area contributed by atoms with E-state index in [1.807, 2.05) is 0 Å². The predicted octanol–water partition coefficient (Wildman–Crippen LogP) is 3.26. The third kappa shape index (κ3) is 3.86. The van der Waals surface area contributed by atoms with Gasteiger partial charge in [0, 0.05) is 11.0 Å². The maximum atomic E-state index is 12.9. The van der Waals surface area contributed by atoms with Gasteiger partial charge in [-0.3, -0.25) is 4.79 Å². The monoisotopic (exact) mass is 329 g/mol. The molecule has 8 heteroatoms. The Morgan fingerprint density at radius 2 is 2.06 bits per heavy atom. The van der Waals surface area contributed by atoms with E-state index in [1.54, 1.807) is 0 Å². The van der Waals surface area contributed by atoms with Gasteiger partial charge in [-0.25, -0.2) is 4.39 Å². The Kier molecular flexibility index (Phi) is 4.55. The smallest absolute Gasteiger partial charge is 0.403 e. The molecule has 0 bridgehead atoms. The lowest BCUT2D eigenvalue weighted by atomic mass is 10.1. The molecule has 0 saturated heterocycles. The van der Waals surface area contributed by atoms with E-state index >= 15 is 0 Å². The second-order valence-electron chi connectivity index (χ2n) is 3.44. The number of carboxylic acid groups (broad SMARTS) is 1. The van der Waals surface area contributed by atoms with Gasteiger partial charge in [0.05, 0.1) is 5.69 Å². The van der Waals surface area contributed by atoms with Crippen molar-refractivity contribution in [3.63, 3.8) is 0 Å². The molecule has 18 heavy (non-hydrogen) atoms. The number of carbonyl (C=O) groups is 1. The van der Waals surface area contributed by atoms with Crippen LogP contribution in [0.4, 0.5) is 23.2 Å². The highest BCUT2D eigenvalue weighted by molar-refractivity contribution is 9.10. The predicted molar refractivity (Wildman–Crippen MR) is 59.8 cm³/mol. The molecule has 0 amide bonds. The number of halogens is 5. The Labute approximate surface area is 108 Å². The van der Waals surface area contributed by atoms with Crippen molar-refractivity contribution in [3.8, 4) is 0 Å². The summed E-state index contributed by atoms with van der Waals surface area (Å²) in [4.78, 5) is 10.5. The van der Waals surface area contributed by atoms with E-state index in [2.05, 4.69) is 21.2 Å². The van der Waals surface area contributed by atoms with Crippen LogP contribution in [0, 0.1) is 11.7 Å². The molecule has 0 aliphatic heterocycles. The zero-order valence-corrected chi connectivity index (χ0v) is 10.3. The van der Waals surface area contributed by atoms with Crippen molar-refractivity contribution in [2.24, 2.45) is 5.92 Å². The summed E-state index contributed by atoms with van der Waals surface area (Å²) in [6.07, 6.45) is -4.86. The molecule has 0 fully saturated rings. The Bertz CT molecular complexity index is 450. The van der Waals surface area contributed by atoms with Crippen molar-refractivity contribution in [1.82, 2.24) is 0 Å². The molecule has 0 saturated carbocycles. The Morgan fingerprint density at radius 3 is 2.56 bits per heavy atom. The van der Waals surface area contributed by atoms with Crippen molar-refractivity contribution in [1.29, 1.82) is 0 Å². The molecule has 1 rings (SSSR count). The Balaban J connectivity index is 2.79. The quantitative estimate of drug-likeness (QED) is 0.833. The summed E-state index contributed by atoms with van der Waals surface area (Å²) in [5.74, 6) is -5.17. The van der Waals surface area contributed by atoms with Crippen LogP contribution in [0.2, 0.25) is 0 Å². The van der Waals surface area contributed by atoms with E-state index in [0.717, 1.165) is 12.1 Å². The van der Waals surface area contributed by atoms with Crippen molar-refractivity contribution < 1.29 is 27.5 Å². The van der Waals surface area contributed by atoms with E-state index in [4.69, 9.17) is 5.11 Å². The molecule has 3 nitrogen and oxygen atoms in total. The second kappa shape index (κ2) is 5.55. The summed E-state index contributed by atoms with van der Waals surface area (Å²) in [6, 6.07) is 3.40. The van der Waals surface area contributed by atoms with E-state index in [-0.39, 0.29) is 5.69 Å². The van der Waals surface area contributed by atoms with Crippen LogP contribution in [0.25, 0.3) is 0 Å². The van der Waals surface area contributed by atoms with Gasteiger partial charge >= 0.3 is 12.1 Å². The number of benzene rings is 1. The van der Waals surface area contributed by atoms with Gasteiger partial charge in [-0.15, -0.1) is 0 Å². The van der Waals surface area contributed by atoms with Gasteiger partial charge in [-0.2, -0.15) is 13.2 Å². The number of carboxylic acids is 1. The largest absolute Gasteiger partial charge is 0.481 e. The fraction of sp³-hybridized carbons (Fsp3) is 0.300. The zero-order valence-electron chi connectivity index (χ0n) is 8.76. The van der Waals surface area contributed by atoms with Gasteiger partial charge in [0.1, 0.15) is 5.82 Å². The van der Waals surface area contributed by atoms with Gasteiger partial charge in [-0.05, 0) is 34.1 Å².